The Kier molecular flexibility index (Phi) is 5.04. The summed E-state index contributed by atoms with van der Waals surface area (Å²) in [6.45, 7) is 4.47. The second-order valence-corrected chi connectivity index (χ2v) is 6.93. The standard InChI is InChI=1S/C20H23N3O3/c1-13-10-14(2)20(18(11-13)23(25)26)21-19(24)12-17-16-7-5-4-6-15(16)8-9-22(17)3/h4-7,10-11,17H,8-9,12H2,1-3H3,(H,21,24). The first-order valence-electron chi connectivity index (χ1n) is 8.70. The van der Waals surface area contributed by atoms with Crippen LogP contribution in [0.15, 0.2) is 36.4 Å². The number of rotatable bonds is 4. The van der Waals surface area contributed by atoms with E-state index in [1.807, 2.05) is 25.2 Å². The number of nitrogens with zero attached hydrogens (tertiary/aromatic N) is 2. The summed E-state index contributed by atoms with van der Waals surface area (Å²) in [5, 5.41) is 14.1. The predicted molar refractivity (Wildman–Crippen MR) is 101 cm³/mol. The number of hydrogen-bond donors (Lipinski definition) is 1. The van der Waals surface area contributed by atoms with E-state index in [4.69, 9.17) is 0 Å². The van der Waals surface area contributed by atoms with Gasteiger partial charge in [-0.05, 0) is 49.6 Å². The molecule has 0 bridgehead atoms. The fourth-order valence-corrected chi connectivity index (χ4v) is 3.66. The molecule has 1 aliphatic heterocycles. The van der Waals surface area contributed by atoms with Crippen LogP contribution < -0.4 is 5.32 Å². The van der Waals surface area contributed by atoms with E-state index in [1.165, 1.54) is 11.6 Å². The van der Waals surface area contributed by atoms with Crippen LogP contribution in [0.25, 0.3) is 0 Å². The van der Waals surface area contributed by atoms with Crippen LogP contribution in [0.5, 0.6) is 0 Å². The number of nitro groups is 1. The highest BCUT2D eigenvalue weighted by atomic mass is 16.6. The van der Waals surface area contributed by atoms with E-state index in [0.717, 1.165) is 24.1 Å². The van der Waals surface area contributed by atoms with Gasteiger partial charge < -0.3 is 5.32 Å². The quantitative estimate of drug-likeness (QED) is 0.671. The number of anilines is 1. The SMILES string of the molecule is Cc1cc(C)c(NC(=O)CC2c3ccccc3CCN2C)c([N+](=O)[O-])c1. The van der Waals surface area contributed by atoms with Crippen molar-refractivity contribution < 1.29 is 9.72 Å². The maximum atomic E-state index is 12.7. The normalized spacial score (nSPS) is 16.8. The molecular formula is C20H23N3O3. The monoisotopic (exact) mass is 353 g/mol. The molecule has 2 aromatic carbocycles. The van der Waals surface area contributed by atoms with Crippen LogP contribution in [-0.2, 0) is 11.2 Å². The number of aryl methyl sites for hydroxylation is 2. The van der Waals surface area contributed by atoms with Crippen molar-refractivity contribution in [1.82, 2.24) is 4.90 Å². The summed E-state index contributed by atoms with van der Waals surface area (Å²) in [5.74, 6) is -0.214. The highest BCUT2D eigenvalue weighted by Gasteiger charge is 2.27. The van der Waals surface area contributed by atoms with Gasteiger partial charge in [0.05, 0.1) is 4.92 Å². The minimum atomic E-state index is -0.447. The number of hydrogen-bond acceptors (Lipinski definition) is 4. The minimum absolute atomic E-state index is 0.0234. The molecule has 1 unspecified atom stereocenters. The molecular weight excluding hydrogens is 330 g/mol. The van der Waals surface area contributed by atoms with E-state index in [2.05, 4.69) is 22.3 Å². The molecule has 0 aromatic heterocycles. The summed E-state index contributed by atoms with van der Waals surface area (Å²) >= 11 is 0. The number of carbonyl (C=O) groups is 1. The molecule has 1 aliphatic rings. The molecule has 26 heavy (non-hydrogen) atoms. The van der Waals surface area contributed by atoms with Gasteiger partial charge in [0.25, 0.3) is 5.69 Å². The zero-order valence-corrected chi connectivity index (χ0v) is 15.3. The van der Waals surface area contributed by atoms with Gasteiger partial charge in [0, 0.05) is 25.1 Å². The van der Waals surface area contributed by atoms with Gasteiger partial charge in [-0.15, -0.1) is 0 Å². The van der Waals surface area contributed by atoms with Gasteiger partial charge in [-0.2, -0.15) is 0 Å². The number of likely N-dealkylation sites (N-methyl/N-ethyl adjacent to an activating group) is 1. The van der Waals surface area contributed by atoms with Crippen LogP contribution in [0.4, 0.5) is 11.4 Å². The van der Waals surface area contributed by atoms with Crippen molar-refractivity contribution in [2.45, 2.75) is 32.7 Å². The summed E-state index contributed by atoms with van der Waals surface area (Å²) in [7, 11) is 2.01. The Morgan fingerprint density at radius 1 is 1.31 bits per heavy atom. The topological polar surface area (TPSA) is 75.5 Å². The molecule has 1 atom stereocenters. The van der Waals surface area contributed by atoms with E-state index in [-0.39, 0.29) is 29.7 Å². The fourth-order valence-electron chi connectivity index (χ4n) is 3.66. The predicted octanol–water partition coefficient (Wildman–Crippen LogP) is 3.77. The summed E-state index contributed by atoms with van der Waals surface area (Å²) in [6, 6.07) is 11.5. The molecule has 136 valence electrons. The first kappa shape index (κ1) is 18.1. The summed E-state index contributed by atoms with van der Waals surface area (Å²) in [5.41, 5.74) is 4.15. The lowest BCUT2D eigenvalue weighted by Gasteiger charge is -2.34. The minimum Gasteiger partial charge on any atom is -0.320 e. The fraction of sp³-hybridized carbons (Fsp3) is 0.350. The van der Waals surface area contributed by atoms with Gasteiger partial charge in [0.2, 0.25) is 5.91 Å². The summed E-state index contributed by atoms with van der Waals surface area (Å²) in [4.78, 5) is 25.8. The Bertz CT molecular complexity index is 863. The maximum Gasteiger partial charge on any atom is 0.293 e. The molecule has 1 amide bonds. The third-order valence-corrected chi connectivity index (χ3v) is 4.98. The molecule has 6 nitrogen and oxygen atoms in total. The number of nitrogens with one attached hydrogen (secondary N) is 1. The lowest BCUT2D eigenvalue weighted by Crippen LogP contribution is -2.34. The molecule has 0 saturated heterocycles. The van der Waals surface area contributed by atoms with Crippen molar-refractivity contribution in [1.29, 1.82) is 0 Å². The number of nitro benzene ring substituents is 1. The van der Waals surface area contributed by atoms with E-state index in [1.54, 1.807) is 13.8 Å². The van der Waals surface area contributed by atoms with Crippen molar-refractivity contribution in [2.24, 2.45) is 0 Å². The van der Waals surface area contributed by atoms with Crippen LogP contribution in [0.3, 0.4) is 0 Å². The number of carbonyl (C=O) groups excluding carboxylic acids is 1. The van der Waals surface area contributed by atoms with Crippen LogP contribution in [0.2, 0.25) is 0 Å². The second kappa shape index (κ2) is 7.25. The van der Waals surface area contributed by atoms with Crippen molar-refractivity contribution >= 4 is 17.3 Å². The molecule has 0 aliphatic carbocycles. The van der Waals surface area contributed by atoms with Gasteiger partial charge in [0.15, 0.2) is 0 Å². The number of amides is 1. The highest BCUT2D eigenvalue weighted by Crippen LogP contribution is 2.33. The molecule has 1 N–H and O–H groups in total. The van der Waals surface area contributed by atoms with E-state index in [9.17, 15) is 14.9 Å². The van der Waals surface area contributed by atoms with Crippen molar-refractivity contribution in [2.75, 3.05) is 18.9 Å². The molecule has 0 spiro atoms. The Hall–Kier alpha value is -2.73. The molecule has 6 heteroatoms. The van der Waals surface area contributed by atoms with Crippen LogP contribution >= 0.6 is 0 Å². The van der Waals surface area contributed by atoms with Crippen molar-refractivity contribution in [3.63, 3.8) is 0 Å². The Morgan fingerprint density at radius 3 is 2.77 bits per heavy atom. The van der Waals surface area contributed by atoms with Gasteiger partial charge in [-0.3, -0.25) is 19.8 Å². The first-order valence-corrected chi connectivity index (χ1v) is 8.70. The lowest BCUT2D eigenvalue weighted by molar-refractivity contribution is -0.384. The van der Waals surface area contributed by atoms with Gasteiger partial charge in [-0.1, -0.05) is 30.3 Å². The van der Waals surface area contributed by atoms with Gasteiger partial charge in [0.1, 0.15) is 5.69 Å². The summed E-state index contributed by atoms with van der Waals surface area (Å²) < 4.78 is 0. The second-order valence-electron chi connectivity index (χ2n) is 6.93. The lowest BCUT2D eigenvalue weighted by atomic mass is 9.91. The Morgan fingerprint density at radius 2 is 2.04 bits per heavy atom. The molecule has 3 rings (SSSR count). The maximum absolute atomic E-state index is 12.7. The Balaban J connectivity index is 1.83. The molecule has 0 radical (unpaired) electrons. The van der Waals surface area contributed by atoms with E-state index < -0.39 is 4.92 Å². The third-order valence-electron chi connectivity index (χ3n) is 4.98. The van der Waals surface area contributed by atoms with Crippen molar-refractivity contribution in [3.8, 4) is 0 Å². The first-order chi connectivity index (χ1) is 12.4. The molecule has 0 saturated carbocycles. The zero-order valence-electron chi connectivity index (χ0n) is 15.3. The van der Waals surface area contributed by atoms with Gasteiger partial charge >= 0.3 is 0 Å². The zero-order chi connectivity index (χ0) is 18.8. The van der Waals surface area contributed by atoms with Crippen LogP contribution in [0, 0.1) is 24.0 Å². The molecule has 1 heterocycles. The number of benzene rings is 2. The largest absolute Gasteiger partial charge is 0.320 e. The third kappa shape index (κ3) is 3.60. The smallest absolute Gasteiger partial charge is 0.293 e. The summed E-state index contributed by atoms with van der Waals surface area (Å²) in [6.07, 6.45) is 1.23. The average Bonchev–Trinajstić information content (AvgIpc) is 2.59. The Labute approximate surface area is 153 Å². The van der Waals surface area contributed by atoms with Gasteiger partial charge in [-0.25, -0.2) is 0 Å². The highest BCUT2D eigenvalue weighted by molar-refractivity contribution is 5.94. The van der Waals surface area contributed by atoms with E-state index >= 15 is 0 Å². The van der Waals surface area contributed by atoms with E-state index in [0.29, 0.717) is 5.56 Å². The average molecular weight is 353 g/mol. The van der Waals surface area contributed by atoms with Crippen molar-refractivity contribution in [3.05, 3.63) is 68.8 Å². The van der Waals surface area contributed by atoms with Crippen LogP contribution in [0.1, 0.15) is 34.7 Å². The number of fused-ring (bicyclic) bond motifs is 1. The van der Waals surface area contributed by atoms with Crippen LogP contribution in [-0.4, -0.2) is 29.3 Å². The molecule has 0 fully saturated rings. The molecule has 2 aromatic rings.